The van der Waals surface area contributed by atoms with Crippen molar-refractivity contribution < 1.29 is 26.7 Å². The first-order valence-electron chi connectivity index (χ1n) is 4.78. The van der Waals surface area contributed by atoms with E-state index in [9.17, 15) is 26.7 Å². The Morgan fingerprint density at radius 1 is 1.35 bits per heavy atom. The van der Waals surface area contributed by atoms with E-state index in [2.05, 4.69) is 0 Å². The molecule has 0 heterocycles. The Hall–Kier alpha value is -0.960. The molecule has 0 bridgehead atoms. The summed E-state index contributed by atoms with van der Waals surface area (Å²) >= 11 is 0. The van der Waals surface area contributed by atoms with Gasteiger partial charge >= 0.3 is 6.18 Å². The predicted octanol–water partition coefficient (Wildman–Crippen LogP) is 0.191. The van der Waals surface area contributed by atoms with Crippen molar-refractivity contribution in [1.82, 2.24) is 10.2 Å². The van der Waals surface area contributed by atoms with Crippen LogP contribution in [0.2, 0.25) is 0 Å². The van der Waals surface area contributed by atoms with Crippen molar-refractivity contribution in [1.29, 1.82) is 0 Å². The molecule has 3 N–H and O–H groups in total. The Morgan fingerprint density at radius 2 is 1.94 bits per heavy atom. The van der Waals surface area contributed by atoms with Crippen LogP contribution in [0.1, 0.15) is 0 Å². The minimum atomic E-state index is -4.52. The Kier molecular flexibility index (Phi) is 6.97. The number of nitrogens with two attached hydrogens (primary N) is 1. The van der Waals surface area contributed by atoms with Crippen LogP contribution in [0.25, 0.3) is 0 Å². The number of rotatable bonds is 7. The van der Waals surface area contributed by atoms with E-state index >= 15 is 0 Å². The lowest BCUT2D eigenvalue weighted by molar-refractivity contribution is -0.139. The highest BCUT2D eigenvalue weighted by atomic mass is 19.4. The highest BCUT2D eigenvalue weighted by Crippen LogP contribution is 2.12. The lowest BCUT2D eigenvalue weighted by atomic mass is 10.4. The molecule has 0 atom stereocenters. The summed E-state index contributed by atoms with van der Waals surface area (Å²) in [6, 6.07) is 0. The fourth-order valence-corrected chi connectivity index (χ4v) is 1.07. The fourth-order valence-electron chi connectivity index (χ4n) is 1.07. The molecule has 0 radical (unpaired) electrons. The quantitative estimate of drug-likeness (QED) is 0.645. The van der Waals surface area contributed by atoms with Gasteiger partial charge in [-0.1, -0.05) is 0 Å². The maximum Gasteiger partial charge on any atom is 0.405 e. The Balaban J connectivity index is 4.03. The van der Waals surface area contributed by atoms with E-state index in [0.717, 1.165) is 4.90 Å². The van der Waals surface area contributed by atoms with E-state index in [4.69, 9.17) is 5.73 Å². The second-order valence-electron chi connectivity index (χ2n) is 3.31. The second-order valence-corrected chi connectivity index (χ2v) is 3.31. The molecular weight excluding hydrogens is 249 g/mol. The smallest absolute Gasteiger partial charge is 0.346 e. The number of nitrogens with one attached hydrogen (secondary N) is 1. The van der Waals surface area contributed by atoms with Gasteiger partial charge in [0.15, 0.2) is 0 Å². The van der Waals surface area contributed by atoms with Crippen molar-refractivity contribution in [2.75, 3.05) is 32.7 Å². The van der Waals surface area contributed by atoms with E-state index in [1.54, 1.807) is 5.32 Å². The van der Waals surface area contributed by atoms with Gasteiger partial charge < -0.3 is 11.1 Å². The van der Waals surface area contributed by atoms with Gasteiger partial charge in [0.2, 0.25) is 5.91 Å². The van der Waals surface area contributed by atoms with Gasteiger partial charge in [0, 0.05) is 13.1 Å². The average Bonchev–Trinajstić information content (AvgIpc) is 2.13. The number of alkyl halides is 5. The highest BCUT2D eigenvalue weighted by Gasteiger charge is 2.28. The third kappa shape index (κ3) is 9.94. The van der Waals surface area contributed by atoms with E-state index in [1.165, 1.54) is 0 Å². The van der Waals surface area contributed by atoms with E-state index in [1.807, 2.05) is 0 Å². The maximum absolute atomic E-state index is 12.0. The van der Waals surface area contributed by atoms with Crippen LogP contribution < -0.4 is 11.1 Å². The largest absolute Gasteiger partial charge is 0.405 e. The summed E-state index contributed by atoms with van der Waals surface area (Å²) in [7, 11) is 0. The molecule has 0 spiro atoms. The molecule has 0 aromatic rings. The lowest BCUT2D eigenvalue weighted by Crippen LogP contribution is -2.44. The van der Waals surface area contributed by atoms with Gasteiger partial charge in [0.1, 0.15) is 6.54 Å². The van der Waals surface area contributed by atoms with Gasteiger partial charge in [-0.25, -0.2) is 8.78 Å². The van der Waals surface area contributed by atoms with Crippen molar-refractivity contribution in [3.63, 3.8) is 0 Å². The number of carbonyl (C=O) groups excluding carboxylic acids is 1. The van der Waals surface area contributed by atoms with E-state index in [0.29, 0.717) is 0 Å². The first kappa shape index (κ1) is 16.0. The van der Waals surface area contributed by atoms with Crippen LogP contribution in [0.15, 0.2) is 0 Å². The summed E-state index contributed by atoms with van der Waals surface area (Å²) in [5, 5.41) is 1.59. The minimum Gasteiger partial charge on any atom is -0.346 e. The topological polar surface area (TPSA) is 58.4 Å². The number of nitrogens with zero attached hydrogens (tertiary/aromatic N) is 1. The molecule has 0 saturated heterocycles. The molecule has 0 aromatic carbocycles. The standard InChI is InChI=1S/C8H14F5N3O/c9-6(10)3-16(2-1-14)4-7(17)15-5-8(11,12)13/h6H,1-5,14H2,(H,15,17). The molecule has 17 heavy (non-hydrogen) atoms. The zero-order valence-corrected chi connectivity index (χ0v) is 8.94. The van der Waals surface area contributed by atoms with Crippen LogP contribution >= 0.6 is 0 Å². The van der Waals surface area contributed by atoms with Crippen molar-refractivity contribution in [3.05, 3.63) is 0 Å². The van der Waals surface area contributed by atoms with Crippen LogP contribution in [0, 0.1) is 0 Å². The van der Waals surface area contributed by atoms with Crippen LogP contribution in [0.5, 0.6) is 0 Å². The van der Waals surface area contributed by atoms with Gasteiger partial charge in [0.25, 0.3) is 6.43 Å². The number of amides is 1. The van der Waals surface area contributed by atoms with Gasteiger partial charge in [-0.05, 0) is 0 Å². The lowest BCUT2D eigenvalue weighted by Gasteiger charge is -2.20. The summed E-state index contributed by atoms with van der Waals surface area (Å²) in [6.45, 7) is -2.64. The molecule has 102 valence electrons. The van der Waals surface area contributed by atoms with Crippen molar-refractivity contribution in [2.24, 2.45) is 5.73 Å². The molecule has 0 aromatic heterocycles. The summed E-state index contributed by atoms with van der Waals surface area (Å²) in [5.74, 6) is -0.962. The number of halogens is 5. The van der Waals surface area contributed by atoms with E-state index < -0.39 is 38.1 Å². The minimum absolute atomic E-state index is 0.0176. The molecule has 4 nitrogen and oxygen atoms in total. The van der Waals surface area contributed by atoms with Crippen LogP contribution in [-0.2, 0) is 4.79 Å². The first-order chi connectivity index (χ1) is 7.74. The normalized spacial score (nSPS) is 12.2. The zero-order chi connectivity index (χ0) is 13.5. The van der Waals surface area contributed by atoms with Crippen molar-refractivity contribution in [2.45, 2.75) is 12.6 Å². The molecule has 1 amide bonds. The fraction of sp³-hybridized carbons (Fsp3) is 0.875. The highest BCUT2D eigenvalue weighted by molar-refractivity contribution is 5.78. The maximum atomic E-state index is 12.0. The molecule has 9 heteroatoms. The Labute approximate surface area is 94.9 Å². The average molecular weight is 263 g/mol. The van der Waals surface area contributed by atoms with Gasteiger partial charge in [0.05, 0.1) is 13.1 Å². The summed E-state index contributed by atoms with van der Waals surface area (Å²) < 4.78 is 59.3. The van der Waals surface area contributed by atoms with Gasteiger partial charge in [-0.3, -0.25) is 9.69 Å². The molecule has 0 aliphatic heterocycles. The number of hydrogen-bond donors (Lipinski definition) is 2. The van der Waals surface area contributed by atoms with Crippen molar-refractivity contribution >= 4 is 5.91 Å². The summed E-state index contributed by atoms with van der Waals surface area (Å²) in [5.41, 5.74) is 5.13. The van der Waals surface area contributed by atoms with Gasteiger partial charge in [-0.15, -0.1) is 0 Å². The monoisotopic (exact) mass is 263 g/mol. The summed E-state index contributed by atoms with van der Waals surface area (Å²) in [4.78, 5) is 12.0. The van der Waals surface area contributed by atoms with E-state index in [-0.39, 0.29) is 13.1 Å². The van der Waals surface area contributed by atoms with Crippen LogP contribution in [0.4, 0.5) is 22.0 Å². The molecular formula is C8H14F5N3O. The van der Waals surface area contributed by atoms with Crippen LogP contribution in [-0.4, -0.2) is 56.1 Å². The SMILES string of the molecule is NCCN(CC(=O)NCC(F)(F)F)CC(F)F. The molecule has 0 saturated carbocycles. The first-order valence-corrected chi connectivity index (χ1v) is 4.78. The third-order valence-corrected chi connectivity index (χ3v) is 1.69. The molecule has 0 aliphatic carbocycles. The number of carbonyl (C=O) groups is 1. The zero-order valence-electron chi connectivity index (χ0n) is 8.94. The van der Waals surface area contributed by atoms with Crippen LogP contribution in [0.3, 0.4) is 0 Å². The predicted molar refractivity (Wildman–Crippen MR) is 50.6 cm³/mol. The van der Waals surface area contributed by atoms with Crippen molar-refractivity contribution in [3.8, 4) is 0 Å². The second kappa shape index (κ2) is 7.38. The number of hydrogen-bond acceptors (Lipinski definition) is 3. The Bertz CT molecular complexity index is 234. The molecule has 0 unspecified atom stereocenters. The van der Waals surface area contributed by atoms with Gasteiger partial charge in [-0.2, -0.15) is 13.2 Å². The molecule has 0 aliphatic rings. The summed E-state index contributed by atoms with van der Waals surface area (Å²) in [6.07, 6.45) is -7.19. The molecule has 0 rings (SSSR count). The Morgan fingerprint density at radius 3 is 2.35 bits per heavy atom. The molecule has 0 fully saturated rings. The third-order valence-electron chi connectivity index (χ3n) is 1.69.